The van der Waals surface area contributed by atoms with Crippen LogP contribution in [0, 0.1) is 5.41 Å². The minimum absolute atomic E-state index is 0.0184. The van der Waals surface area contributed by atoms with E-state index in [9.17, 15) is 57.9 Å². The highest BCUT2D eigenvalue weighted by Gasteiger charge is 2.50. The minimum Gasteiger partial charge on any atom is -0.386 e. The van der Waals surface area contributed by atoms with Gasteiger partial charge in [0.1, 0.15) is 36.3 Å². The number of aliphatic hydroxyl groups is 2. The highest BCUT2D eigenvalue weighted by Crippen LogP contribution is 2.61. The van der Waals surface area contributed by atoms with Crippen LogP contribution in [0.25, 0.3) is 11.2 Å². The number of nitrogens with one attached hydrogen (secondary N) is 2. The molecule has 0 bridgehead atoms. The van der Waals surface area contributed by atoms with Gasteiger partial charge in [-0.25, -0.2) is 33.8 Å². The summed E-state index contributed by atoms with van der Waals surface area (Å²) in [4.78, 5) is 87.8. The number of aromatic nitrogens is 4. The van der Waals surface area contributed by atoms with Gasteiger partial charge in [0.2, 0.25) is 16.9 Å². The molecule has 2 aromatic rings. The van der Waals surface area contributed by atoms with Gasteiger partial charge in [-0.2, -0.15) is 16.1 Å². The van der Waals surface area contributed by atoms with Crippen molar-refractivity contribution in [3.05, 3.63) is 12.7 Å². The maximum Gasteiger partial charge on any atom is 0.481 e. The number of nitrogens with two attached hydrogens (primary N) is 3. The molecule has 1 aliphatic heterocycles. The Morgan fingerprint density at radius 2 is 1.72 bits per heavy atom. The monoisotopic (exact) mass is 979 g/mol. The average molecular weight is 980 g/mol. The van der Waals surface area contributed by atoms with E-state index in [1.54, 1.807) is 0 Å². The van der Waals surface area contributed by atoms with E-state index in [4.69, 9.17) is 39.5 Å². The lowest BCUT2D eigenvalue weighted by molar-refractivity contribution is -0.137. The van der Waals surface area contributed by atoms with Gasteiger partial charge in [-0.3, -0.25) is 41.6 Å². The standard InChI is InChI=1S/C26H48N9O19P3S3/c1-26(2,20(38)23(39)31-4-3-16(36)30-5-6-59-25(40)14(27)10-58-7-8-60(29,48)49)11-51-57(46,47)54-56(44,45)50-9-15-19(53-55(41,42)43)18(37)24(52-15)35-13-34-17-21(28)32-12-33-22(17)35/h12-15,18-20,24,37-38,48-49H,3-11,27,29H2,1-2H3,(H,30,36)(H,31,39)(H,44,45)(H,46,47)(H2,28,32,33)(H2,41,42,43). The number of amides is 2. The second-order valence-corrected chi connectivity index (χ2v) is 21.7. The molecular formula is C26H48N9O19P3S3. The molecule has 344 valence electrons. The summed E-state index contributed by atoms with van der Waals surface area (Å²) in [7, 11) is -19.6. The quantitative estimate of drug-likeness (QED) is 0.0391. The van der Waals surface area contributed by atoms with E-state index in [-0.39, 0.29) is 58.9 Å². The van der Waals surface area contributed by atoms with E-state index in [0.717, 1.165) is 29.0 Å². The molecule has 1 aliphatic rings. The first kappa shape index (κ1) is 52.4. The molecule has 8 unspecified atom stereocenters. The van der Waals surface area contributed by atoms with Crippen LogP contribution in [-0.2, 0) is 50.7 Å². The van der Waals surface area contributed by atoms with Crippen molar-refractivity contribution in [3.63, 3.8) is 0 Å². The number of rotatable bonds is 25. The number of anilines is 1. The second-order valence-electron chi connectivity index (χ2n) is 13.3. The van der Waals surface area contributed by atoms with E-state index in [1.807, 2.05) is 0 Å². The van der Waals surface area contributed by atoms with Crippen LogP contribution < -0.4 is 27.2 Å². The number of aliphatic hydroxyl groups excluding tert-OH is 2. The smallest absolute Gasteiger partial charge is 0.386 e. The third-order valence-corrected chi connectivity index (χ3v) is 14.1. The molecule has 0 spiro atoms. The van der Waals surface area contributed by atoms with E-state index in [1.165, 1.54) is 25.6 Å². The Morgan fingerprint density at radius 1 is 1.05 bits per heavy atom. The maximum absolute atomic E-state index is 12.7. The molecule has 28 nitrogen and oxygen atoms in total. The zero-order valence-electron chi connectivity index (χ0n) is 31.6. The molecule has 0 aromatic carbocycles. The van der Waals surface area contributed by atoms with Crippen molar-refractivity contribution in [2.24, 2.45) is 16.3 Å². The summed E-state index contributed by atoms with van der Waals surface area (Å²) >= 11 is 2.12. The molecule has 3 rings (SSSR count). The predicted octanol–water partition coefficient (Wildman–Crippen LogP) is -1.65. The number of phosphoric acid groups is 3. The molecule has 34 heteroatoms. The number of hydrogen-bond donors (Lipinski definition) is 13. The van der Waals surface area contributed by atoms with Crippen LogP contribution in [-0.4, -0.2) is 155 Å². The summed E-state index contributed by atoms with van der Waals surface area (Å²) in [6, 6.07) is -0.827. The first-order valence-corrected chi connectivity index (χ1v) is 25.5. The molecule has 16 N–H and O–H groups in total. The topological polar surface area (TPSA) is 456 Å². The lowest BCUT2D eigenvalue weighted by Gasteiger charge is -2.30. The zero-order chi connectivity index (χ0) is 45.3. The van der Waals surface area contributed by atoms with Crippen LogP contribution in [0.3, 0.4) is 0 Å². The van der Waals surface area contributed by atoms with Crippen molar-refractivity contribution in [2.45, 2.75) is 57.0 Å². The van der Waals surface area contributed by atoms with E-state index >= 15 is 0 Å². The number of fused-ring (bicyclic) bond motifs is 1. The zero-order valence-corrected chi connectivity index (χ0v) is 36.8. The first-order chi connectivity index (χ1) is 27.6. The summed E-state index contributed by atoms with van der Waals surface area (Å²) in [5.41, 5.74) is 10.0. The number of carbonyl (C=O) groups excluding carboxylic acids is 3. The fourth-order valence-corrected chi connectivity index (χ4v) is 10.5. The Hall–Kier alpha value is -1.90. The average Bonchev–Trinajstić information content (AvgIpc) is 3.69. The molecular weight excluding hydrogens is 931 g/mol. The van der Waals surface area contributed by atoms with Gasteiger partial charge in [-0.15, -0.1) is 10.8 Å². The number of hydrogen-bond acceptors (Lipinski definition) is 23. The van der Waals surface area contributed by atoms with Crippen molar-refractivity contribution in [1.29, 1.82) is 0 Å². The van der Waals surface area contributed by atoms with E-state index < -0.39 is 101 Å². The lowest BCUT2D eigenvalue weighted by Crippen LogP contribution is -2.46. The molecule has 0 aliphatic carbocycles. The number of nitrogens with zero attached hydrogens (tertiary/aromatic N) is 4. The fraction of sp³-hybridized carbons (Fsp3) is 0.692. The summed E-state index contributed by atoms with van der Waals surface area (Å²) in [6.07, 6.45) is -7.11. The Balaban J connectivity index is 1.43. The third kappa shape index (κ3) is 17.0. The largest absolute Gasteiger partial charge is 0.481 e. The second kappa shape index (κ2) is 22.1. The molecule has 60 heavy (non-hydrogen) atoms. The molecule has 1 saturated heterocycles. The molecule has 0 radical (unpaired) electrons. The molecule has 2 aromatic heterocycles. The maximum atomic E-state index is 12.7. The Kier molecular flexibility index (Phi) is 19.3. The Bertz CT molecular complexity index is 1940. The van der Waals surface area contributed by atoms with Crippen molar-refractivity contribution >= 4 is 91.7 Å². The number of carbonyl (C=O) groups is 3. The van der Waals surface area contributed by atoms with Gasteiger partial charge in [0.25, 0.3) is 0 Å². The first-order valence-electron chi connectivity index (χ1n) is 17.0. The van der Waals surface area contributed by atoms with Crippen LogP contribution in [0.5, 0.6) is 0 Å². The van der Waals surface area contributed by atoms with Gasteiger partial charge in [-0.1, -0.05) is 25.6 Å². The highest BCUT2D eigenvalue weighted by atomic mass is 32.3. The van der Waals surface area contributed by atoms with Crippen LogP contribution in [0.4, 0.5) is 5.82 Å². The van der Waals surface area contributed by atoms with Crippen LogP contribution in [0.15, 0.2) is 12.7 Å². The SMILES string of the molecule is CC(C)(COP(=O)(O)OP(=O)(O)OCC1OC(n2cnc3c(N)ncnc32)C(O)C1OP(=O)(O)O)C(O)C(=O)NCCC(=O)NCCSC(=O)C(N)CSCCS(N)(O)O. The van der Waals surface area contributed by atoms with E-state index in [2.05, 4.69) is 34.4 Å². The Labute approximate surface area is 351 Å². The summed E-state index contributed by atoms with van der Waals surface area (Å²) in [5, 5.41) is 31.1. The third-order valence-electron chi connectivity index (χ3n) is 7.87. The van der Waals surface area contributed by atoms with Crippen molar-refractivity contribution in [2.75, 3.05) is 55.0 Å². The molecule has 3 heterocycles. The van der Waals surface area contributed by atoms with Crippen molar-refractivity contribution < 1.29 is 89.6 Å². The summed E-state index contributed by atoms with van der Waals surface area (Å²) in [5.74, 6) is -0.907. The molecule has 8 atom stereocenters. The van der Waals surface area contributed by atoms with Crippen molar-refractivity contribution in [3.8, 4) is 0 Å². The van der Waals surface area contributed by atoms with Gasteiger partial charge in [0.15, 0.2) is 17.7 Å². The predicted molar refractivity (Wildman–Crippen MR) is 214 cm³/mol. The Morgan fingerprint density at radius 3 is 2.37 bits per heavy atom. The number of imidazole rings is 1. The summed E-state index contributed by atoms with van der Waals surface area (Å²) < 4.78 is 80.4. The van der Waals surface area contributed by atoms with Gasteiger partial charge >= 0.3 is 23.5 Å². The highest BCUT2D eigenvalue weighted by molar-refractivity contribution is 8.22. The van der Waals surface area contributed by atoms with Gasteiger partial charge < -0.3 is 56.6 Å². The van der Waals surface area contributed by atoms with Crippen LogP contribution >= 0.6 is 57.8 Å². The van der Waals surface area contributed by atoms with Crippen LogP contribution in [0.1, 0.15) is 26.5 Å². The molecule has 1 fully saturated rings. The molecule has 2 amide bonds. The van der Waals surface area contributed by atoms with Gasteiger partial charge in [0, 0.05) is 42.2 Å². The number of phosphoric ester groups is 3. The van der Waals surface area contributed by atoms with Crippen molar-refractivity contribution in [1.82, 2.24) is 30.2 Å². The number of ether oxygens (including phenoxy) is 1. The fourth-order valence-electron chi connectivity index (χ4n) is 4.85. The minimum atomic E-state index is -5.60. The van der Waals surface area contributed by atoms with E-state index in [0.29, 0.717) is 5.75 Å². The normalized spacial score (nSPS) is 22.1. The number of thioether (sulfide) groups is 2. The van der Waals surface area contributed by atoms with Crippen LogP contribution in [0.2, 0.25) is 0 Å². The summed E-state index contributed by atoms with van der Waals surface area (Å²) in [6.45, 7) is 0.212. The number of nitrogen functional groups attached to an aromatic ring is 1. The molecule has 0 saturated carbocycles. The van der Waals surface area contributed by atoms with Gasteiger partial charge in [0.05, 0.1) is 31.3 Å². The van der Waals surface area contributed by atoms with Gasteiger partial charge in [-0.05, 0) is 0 Å². The lowest BCUT2D eigenvalue weighted by atomic mass is 9.87.